The lowest BCUT2D eigenvalue weighted by molar-refractivity contribution is 0.244. The first-order valence-corrected chi connectivity index (χ1v) is 10.1. The molecule has 0 aliphatic carbocycles. The highest BCUT2D eigenvalue weighted by Gasteiger charge is 2.25. The highest BCUT2D eigenvalue weighted by molar-refractivity contribution is 7.88. The molecule has 0 aromatic heterocycles. The summed E-state index contributed by atoms with van der Waals surface area (Å²) in [7, 11) is 1.19. The van der Waals surface area contributed by atoms with Crippen LogP contribution in [-0.2, 0) is 16.4 Å². The molecule has 1 N–H and O–H groups in total. The normalized spacial score (nSPS) is 19.1. The third-order valence-corrected chi connectivity index (χ3v) is 5.91. The number of piperidine rings is 1. The van der Waals surface area contributed by atoms with E-state index in [1.807, 2.05) is 6.07 Å². The second-order valence-electron chi connectivity index (χ2n) is 6.65. The Morgan fingerprint density at radius 2 is 1.83 bits per heavy atom. The first kappa shape index (κ1) is 18.4. The molecule has 0 unspecified atom stereocenters. The van der Waals surface area contributed by atoms with E-state index in [1.165, 1.54) is 11.8 Å². The molecule has 1 aromatic rings. The van der Waals surface area contributed by atoms with Crippen molar-refractivity contribution in [2.75, 3.05) is 40.0 Å². The van der Waals surface area contributed by atoms with Crippen molar-refractivity contribution in [1.29, 1.82) is 0 Å². The van der Waals surface area contributed by atoms with E-state index < -0.39 is 10.0 Å². The monoisotopic (exact) mass is 339 g/mol. The van der Waals surface area contributed by atoms with Gasteiger partial charge in [0.1, 0.15) is 0 Å². The summed E-state index contributed by atoms with van der Waals surface area (Å²) in [5, 5.41) is 3.63. The molecule has 1 fully saturated rings. The van der Waals surface area contributed by atoms with Gasteiger partial charge in [-0.2, -0.15) is 0 Å². The van der Waals surface area contributed by atoms with Crippen LogP contribution in [0.2, 0.25) is 0 Å². The van der Waals surface area contributed by atoms with E-state index in [0.717, 1.165) is 25.8 Å². The van der Waals surface area contributed by atoms with Gasteiger partial charge in [-0.3, -0.25) is 0 Å². The number of benzene rings is 1. The Morgan fingerprint density at radius 3 is 2.35 bits per heavy atom. The summed E-state index contributed by atoms with van der Waals surface area (Å²) in [4.78, 5) is 2.26. The van der Waals surface area contributed by atoms with Gasteiger partial charge in [-0.25, -0.2) is 12.7 Å². The molecule has 1 saturated heterocycles. The summed E-state index contributed by atoms with van der Waals surface area (Å²) in [6.45, 7) is 2.18. The fourth-order valence-corrected chi connectivity index (χ4v) is 3.89. The van der Waals surface area contributed by atoms with Gasteiger partial charge in [-0.15, -0.1) is 0 Å². The molecule has 0 saturated carbocycles. The fraction of sp³-hybridized carbons (Fsp3) is 0.647. The van der Waals surface area contributed by atoms with Crippen LogP contribution < -0.4 is 5.32 Å². The van der Waals surface area contributed by atoms with Crippen molar-refractivity contribution >= 4 is 10.0 Å². The van der Waals surface area contributed by atoms with E-state index in [0.29, 0.717) is 25.2 Å². The van der Waals surface area contributed by atoms with E-state index in [2.05, 4.69) is 48.6 Å². The molecular weight excluding hydrogens is 310 g/mol. The third-order valence-electron chi connectivity index (χ3n) is 4.61. The van der Waals surface area contributed by atoms with Crippen molar-refractivity contribution in [3.8, 4) is 0 Å². The highest BCUT2D eigenvalue weighted by Crippen LogP contribution is 2.14. The summed E-state index contributed by atoms with van der Waals surface area (Å²) in [5.74, 6) is 0. The van der Waals surface area contributed by atoms with Gasteiger partial charge in [0.2, 0.25) is 10.0 Å². The van der Waals surface area contributed by atoms with E-state index in [4.69, 9.17) is 0 Å². The quantitative estimate of drug-likeness (QED) is 0.810. The van der Waals surface area contributed by atoms with Crippen molar-refractivity contribution in [1.82, 2.24) is 14.5 Å². The number of nitrogens with one attached hydrogen (secondary N) is 1. The Balaban J connectivity index is 1.81. The van der Waals surface area contributed by atoms with Crippen molar-refractivity contribution in [3.05, 3.63) is 35.9 Å². The molecule has 6 heteroatoms. The molecule has 1 aromatic carbocycles. The Bertz CT molecular complexity index is 567. The van der Waals surface area contributed by atoms with Gasteiger partial charge in [0.15, 0.2) is 0 Å². The van der Waals surface area contributed by atoms with E-state index in [1.54, 1.807) is 4.31 Å². The smallest absolute Gasteiger partial charge is 0.211 e. The molecule has 2 rings (SSSR count). The van der Waals surface area contributed by atoms with Crippen molar-refractivity contribution in [3.63, 3.8) is 0 Å². The molecule has 0 amide bonds. The first-order valence-electron chi connectivity index (χ1n) is 8.25. The average Bonchev–Trinajstić information content (AvgIpc) is 2.51. The number of hydrogen-bond acceptors (Lipinski definition) is 4. The van der Waals surface area contributed by atoms with Crippen LogP contribution in [-0.4, -0.2) is 69.7 Å². The van der Waals surface area contributed by atoms with Crippen LogP contribution in [0.3, 0.4) is 0 Å². The SMILES string of the molecule is CN(C)[C@H](CNC1CCN(S(C)(=O)=O)CC1)Cc1ccccc1. The zero-order valence-electron chi connectivity index (χ0n) is 14.4. The van der Waals surface area contributed by atoms with Gasteiger partial charge >= 0.3 is 0 Å². The van der Waals surface area contributed by atoms with Crippen molar-refractivity contribution in [2.45, 2.75) is 31.3 Å². The molecule has 1 atom stereocenters. The lowest BCUT2D eigenvalue weighted by Crippen LogP contribution is -2.48. The summed E-state index contributed by atoms with van der Waals surface area (Å²) in [6.07, 6.45) is 4.09. The Labute approximate surface area is 140 Å². The average molecular weight is 340 g/mol. The van der Waals surface area contributed by atoms with E-state index in [9.17, 15) is 8.42 Å². The first-order chi connectivity index (χ1) is 10.9. The highest BCUT2D eigenvalue weighted by atomic mass is 32.2. The van der Waals surface area contributed by atoms with Crippen LogP contribution in [0.4, 0.5) is 0 Å². The van der Waals surface area contributed by atoms with E-state index in [-0.39, 0.29) is 0 Å². The van der Waals surface area contributed by atoms with Gasteiger partial charge in [-0.1, -0.05) is 30.3 Å². The lowest BCUT2D eigenvalue weighted by Gasteiger charge is -2.33. The number of hydrogen-bond donors (Lipinski definition) is 1. The van der Waals surface area contributed by atoms with Crippen LogP contribution in [0.5, 0.6) is 0 Å². The zero-order valence-corrected chi connectivity index (χ0v) is 15.2. The molecule has 1 aliphatic heterocycles. The number of rotatable bonds is 7. The number of nitrogens with zero attached hydrogens (tertiary/aromatic N) is 2. The number of sulfonamides is 1. The maximum atomic E-state index is 11.6. The lowest BCUT2D eigenvalue weighted by atomic mass is 10.0. The van der Waals surface area contributed by atoms with Crippen molar-refractivity contribution in [2.24, 2.45) is 0 Å². The summed E-state index contributed by atoms with van der Waals surface area (Å²) < 4.78 is 24.7. The Morgan fingerprint density at radius 1 is 1.22 bits per heavy atom. The maximum Gasteiger partial charge on any atom is 0.211 e. The fourth-order valence-electron chi connectivity index (χ4n) is 3.02. The van der Waals surface area contributed by atoms with Crippen LogP contribution in [0.1, 0.15) is 18.4 Å². The standard InChI is InChI=1S/C17H29N3O2S/c1-19(2)17(13-15-7-5-4-6-8-15)14-18-16-9-11-20(12-10-16)23(3,21)22/h4-8,16-18H,9-14H2,1-3H3/t17-/m0/s1. The zero-order chi connectivity index (χ0) is 16.9. The van der Waals surface area contributed by atoms with Gasteiger partial charge in [0.05, 0.1) is 6.26 Å². The minimum atomic E-state index is -3.04. The third kappa shape index (κ3) is 5.88. The van der Waals surface area contributed by atoms with Gasteiger partial charge < -0.3 is 10.2 Å². The number of likely N-dealkylation sites (N-methyl/N-ethyl adjacent to an activating group) is 1. The minimum Gasteiger partial charge on any atom is -0.312 e. The van der Waals surface area contributed by atoms with E-state index >= 15 is 0 Å². The molecular formula is C17H29N3O2S. The van der Waals surface area contributed by atoms with Crippen LogP contribution >= 0.6 is 0 Å². The van der Waals surface area contributed by atoms with Gasteiger partial charge in [0.25, 0.3) is 0 Å². The second kappa shape index (κ2) is 8.24. The van der Waals surface area contributed by atoms with Crippen LogP contribution in [0, 0.1) is 0 Å². The van der Waals surface area contributed by atoms with Crippen LogP contribution in [0.15, 0.2) is 30.3 Å². The summed E-state index contributed by atoms with van der Waals surface area (Å²) in [5.41, 5.74) is 1.35. The Kier molecular flexibility index (Phi) is 6.59. The molecule has 130 valence electrons. The van der Waals surface area contributed by atoms with Crippen molar-refractivity contribution < 1.29 is 8.42 Å². The minimum absolute atomic E-state index is 0.409. The Hall–Kier alpha value is -0.950. The molecule has 1 aliphatic rings. The maximum absolute atomic E-state index is 11.6. The molecule has 0 bridgehead atoms. The second-order valence-corrected chi connectivity index (χ2v) is 8.63. The largest absolute Gasteiger partial charge is 0.312 e. The topological polar surface area (TPSA) is 52.6 Å². The van der Waals surface area contributed by atoms with Gasteiger partial charge in [-0.05, 0) is 38.9 Å². The molecule has 1 heterocycles. The van der Waals surface area contributed by atoms with Gasteiger partial charge in [0, 0.05) is 31.7 Å². The predicted molar refractivity (Wildman–Crippen MR) is 95.1 cm³/mol. The molecule has 23 heavy (non-hydrogen) atoms. The molecule has 0 spiro atoms. The molecule has 5 nitrogen and oxygen atoms in total. The predicted octanol–water partition coefficient (Wildman–Crippen LogP) is 1.17. The summed E-state index contributed by atoms with van der Waals surface area (Å²) >= 11 is 0. The van der Waals surface area contributed by atoms with Crippen LogP contribution in [0.25, 0.3) is 0 Å². The molecule has 0 radical (unpaired) electrons. The summed E-state index contributed by atoms with van der Waals surface area (Å²) in [6, 6.07) is 11.4.